The maximum Gasteiger partial charge on any atom is 0.140 e. The van der Waals surface area contributed by atoms with Gasteiger partial charge < -0.3 is 4.57 Å². The third-order valence-electron chi connectivity index (χ3n) is 2.53. The molecule has 0 unspecified atom stereocenters. The van der Waals surface area contributed by atoms with Crippen molar-refractivity contribution in [2.24, 2.45) is 0 Å². The Morgan fingerprint density at radius 3 is 2.57 bits per heavy atom. The second-order valence-electron chi connectivity index (χ2n) is 4.72. The molecule has 2 heterocycles. The molecule has 0 bridgehead atoms. The minimum Gasteiger partial charge on any atom is -0.327 e. The lowest BCUT2D eigenvalue weighted by Crippen LogP contribution is -2.20. The van der Waals surface area contributed by atoms with Crippen molar-refractivity contribution in [1.29, 1.82) is 0 Å². The monoisotopic (exact) mass is 188 g/mol. The fraction of sp³-hybridized carbons (Fsp3) is 0.417. The molecular weight excluding hydrogens is 172 g/mol. The zero-order valence-electron chi connectivity index (χ0n) is 9.20. The van der Waals surface area contributed by atoms with Gasteiger partial charge in [0, 0.05) is 23.3 Å². The molecule has 2 heteroatoms. The Bertz CT molecular complexity index is 461. The van der Waals surface area contributed by atoms with Gasteiger partial charge in [-0.15, -0.1) is 0 Å². The molecule has 0 aliphatic rings. The van der Waals surface area contributed by atoms with Crippen molar-refractivity contribution in [3.63, 3.8) is 0 Å². The van der Waals surface area contributed by atoms with Gasteiger partial charge in [-0.1, -0.05) is 0 Å². The van der Waals surface area contributed by atoms with Crippen LogP contribution in [0.15, 0.2) is 24.5 Å². The topological polar surface area (TPSA) is 17.8 Å². The Morgan fingerprint density at radius 1 is 1.21 bits per heavy atom. The minimum atomic E-state index is 0.0997. The van der Waals surface area contributed by atoms with E-state index < -0.39 is 0 Å². The summed E-state index contributed by atoms with van der Waals surface area (Å²) in [4.78, 5) is 4.43. The van der Waals surface area contributed by atoms with Crippen molar-refractivity contribution in [1.82, 2.24) is 9.55 Å². The smallest absolute Gasteiger partial charge is 0.140 e. The second kappa shape index (κ2) is 2.84. The number of rotatable bonds is 0. The molecule has 2 rings (SSSR count). The van der Waals surface area contributed by atoms with Crippen molar-refractivity contribution in [3.05, 3.63) is 30.1 Å². The third-order valence-corrected chi connectivity index (χ3v) is 2.53. The van der Waals surface area contributed by atoms with E-state index in [1.54, 1.807) is 0 Å². The zero-order chi connectivity index (χ0) is 10.3. The summed E-state index contributed by atoms with van der Waals surface area (Å²) < 4.78 is 2.22. The molecule has 0 fully saturated rings. The van der Waals surface area contributed by atoms with Gasteiger partial charge >= 0.3 is 0 Å². The van der Waals surface area contributed by atoms with E-state index in [0.29, 0.717) is 0 Å². The molecule has 2 aromatic heterocycles. The van der Waals surface area contributed by atoms with Crippen LogP contribution in [0.2, 0.25) is 0 Å². The molecule has 74 valence electrons. The van der Waals surface area contributed by atoms with E-state index in [4.69, 9.17) is 0 Å². The van der Waals surface area contributed by atoms with Crippen LogP contribution in [0.1, 0.15) is 26.3 Å². The summed E-state index contributed by atoms with van der Waals surface area (Å²) in [5, 5.41) is 1.25. The lowest BCUT2D eigenvalue weighted by atomic mass is 10.1. The van der Waals surface area contributed by atoms with Crippen molar-refractivity contribution >= 4 is 11.0 Å². The molecule has 2 nitrogen and oxygen atoms in total. The van der Waals surface area contributed by atoms with Gasteiger partial charge in [0.25, 0.3) is 0 Å². The molecule has 2 aromatic rings. The minimum absolute atomic E-state index is 0.0997. The number of hydrogen-bond donors (Lipinski definition) is 0. The molecule has 0 amide bonds. The van der Waals surface area contributed by atoms with Crippen LogP contribution in [-0.4, -0.2) is 9.55 Å². The van der Waals surface area contributed by atoms with E-state index >= 15 is 0 Å². The first-order valence-electron chi connectivity index (χ1n) is 4.93. The van der Waals surface area contributed by atoms with Crippen LogP contribution in [0.25, 0.3) is 11.0 Å². The number of nitrogens with zero attached hydrogens (tertiary/aromatic N) is 2. The summed E-state index contributed by atoms with van der Waals surface area (Å²) >= 11 is 0. The van der Waals surface area contributed by atoms with E-state index in [2.05, 4.69) is 55.6 Å². The Kier molecular flexibility index (Phi) is 1.88. The fourth-order valence-corrected chi connectivity index (χ4v) is 1.71. The van der Waals surface area contributed by atoms with Gasteiger partial charge in [0.15, 0.2) is 0 Å². The standard InChI is InChI=1S/C12H16N2/c1-9-5-7-13-11-10(9)6-8-14(11)12(2,3)4/h5-8H,1-4H3. The van der Waals surface area contributed by atoms with Gasteiger partial charge in [-0.25, -0.2) is 4.98 Å². The largest absolute Gasteiger partial charge is 0.327 e. The molecule has 0 radical (unpaired) electrons. The molecule has 0 aliphatic heterocycles. The van der Waals surface area contributed by atoms with Crippen LogP contribution < -0.4 is 0 Å². The van der Waals surface area contributed by atoms with Gasteiger partial charge in [0.05, 0.1) is 0 Å². The first kappa shape index (κ1) is 9.25. The van der Waals surface area contributed by atoms with Crippen molar-refractivity contribution in [3.8, 4) is 0 Å². The Labute approximate surface area is 84.6 Å². The summed E-state index contributed by atoms with van der Waals surface area (Å²) in [7, 11) is 0. The van der Waals surface area contributed by atoms with Crippen LogP contribution in [0.4, 0.5) is 0 Å². The highest BCUT2D eigenvalue weighted by molar-refractivity contribution is 5.79. The predicted molar refractivity (Wildman–Crippen MR) is 59.5 cm³/mol. The third kappa shape index (κ3) is 1.31. The van der Waals surface area contributed by atoms with Gasteiger partial charge in [-0.05, 0) is 45.4 Å². The summed E-state index contributed by atoms with van der Waals surface area (Å²) in [5.74, 6) is 0. The average molecular weight is 188 g/mol. The Balaban J connectivity index is 2.76. The highest BCUT2D eigenvalue weighted by Crippen LogP contribution is 2.23. The average Bonchev–Trinajstić information content (AvgIpc) is 2.47. The molecular formula is C12H16N2. The van der Waals surface area contributed by atoms with Crippen LogP contribution in [0.5, 0.6) is 0 Å². The fourth-order valence-electron chi connectivity index (χ4n) is 1.71. The molecule has 14 heavy (non-hydrogen) atoms. The highest BCUT2D eigenvalue weighted by atomic mass is 15.1. The Hall–Kier alpha value is -1.31. The molecule has 0 saturated carbocycles. The zero-order valence-corrected chi connectivity index (χ0v) is 9.20. The normalized spacial score (nSPS) is 12.3. The van der Waals surface area contributed by atoms with E-state index in [-0.39, 0.29) is 5.54 Å². The molecule has 0 aromatic carbocycles. The summed E-state index contributed by atoms with van der Waals surface area (Å²) in [6.45, 7) is 8.69. The molecule has 0 saturated heterocycles. The molecule has 0 spiro atoms. The number of aryl methyl sites for hydroxylation is 1. The number of aromatic nitrogens is 2. The SMILES string of the molecule is Cc1ccnc2c1ccn2C(C)(C)C. The number of hydrogen-bond acceptors (Lipinski definition) is 1. The highest BCUT2D eigenvalue weighted by Gasteiger charge is 2.15. The number of pyridine rings is 1. The summed E-state index contributed by atoms with van der Waals surface area (Å²) in [5.41, 5.74) is 2.47. The predicted octanol–water partition coefficient (Wildman–Crippen LogP) is 3.10. The first-order chi connectivity index (χ1) is 6.50. The van der Waals surface area contributed by atoms with Gasteiger partial charge in [-0.2, -0.15) is 0 Å². The summed E-state index contributed by atoms with van der Waals surface area (Å²) in [6.07, 6.45) is 3.99. The van der Waals surface area contributed by atoms with Crippen LogP contribution >= 0.6 is 0 Å². The number of fused-ring (bicyclic) bond motifs is 1. The lowest BCUT2D eigenvalue weighted by Gasteiger charge is -2.21. The summed E-state index contributed by atoms with van der Waals surface area (Å²) in [6, 6.07) is 4.19. The van der Waals surface area contributed by atoms with Crippen molar-refractivity contribution < 1.29 is 0 Å². The van der Waals surface area contributed by atoms with Gasteiger partial charge in [0.1, 0.15) is 5.65 Å². The molecule has 0 atom stereocenters. The lowest BCUT2D eigenvalue weighted by molar-refractivity contribution is 0.408. The van der Waals surface area contributed by atoms with E-state index in [1.807, 2.05) is 6.20 Å². The van der Waals surface area contributed by atoms with Crippen molar-refractivity contribution in [2.45, 2.75) is 33.2 Å². The van der Waals surface area contributed by atoms with Gasteiger partial charge in [0.2, 0.25) is 0 Å². The van der Waals surface area contributed by atoms with Crippen molar-refractivity contribution in [2.75, 3.05) is 0 Å². The quantitative estimate of drug-likeness (QED) is 0.621. The maximum atomic E-state index is 4.43. The van der Waals surface area contributed by atoms with Crippen LogP contribution in [-0.2, 0) is 5.54 Å². The molecule has 0 N–H and O–H groups in total. The first-order valence-corrected chi connectivity index (χ1v) is 4.93. The van der Waals surface area contributed by atoms with Crippen LogP contribution in [0.3, 0.4) is 0 Å². The van der Waals surface area contributed by atoms with E-state index in [1.165, 1.54) is 10.9 Å². The molecule has 0 aliphatic carbocycles. The van der Waals surface area contributed by atoms with Crippen LogP contribution in [0, 0.1) is 6.92 Å². The van der Waals surface area contributed by atoms with E-state index in [9.17, 15) is 0 Å². The van der Waals surface area contributed by atoms with E-state index in [0.717, 1.165) is 5.65 Å². The second-order valence-corrected chi connectivity index (χ2v) is 4.72. The maximum absolute atomic E-state index is 4.43. The van der Waals surface area contributed by atoms with Gasteiger partial charge in [-0.3, -0.25) is 0 Å². The Morgan fingerprint density at radius 2 is 1.93 bits per heavy atom.